The lowest BCUT2D eigenvalue weighted by Crippen LogP contribution is -2.51. The molecule has 1 fully saturated rings. The summed E-state index contributed by atoms with van der Waals surface area (Å²) in [5, 5.41) is 5.20. The van der Waals surface area contributed by atoms with Gasteiger partial charge in [0.1, 0.15) is 24.5 Å². The van der Waals surface area contributed by atoms with Crippen LogP contribution in [-0.2, 0) is 22.8 Å². The van der Waals surface area contributed by atoms with Crippen LogP contribution in [0.2, 0.25) is 5.02 Å². The Hall–Kier alpha value is -3.88. The Labute approximate surface area is 212 Å². The van der Waals surface area contributed by atoms with Crippen LogP contribution in [0.4, 0.5) is 0 Å². The summed E-state index contributed by atoms with van der Waals surface area (Å²) in [6.07, 6.45) is 1.41. The fourth-order valence-corrected chi connectivity index (χ4v) is 3.71. The van der Waals surface area contributed by atoms with Crippen molar-refractivity contribution >= 4 is 46.8 Å². The second kappa shape index (κ2) is 11.0. The Kier molecular flexibility index (Phi) is 7.64. The summed E-state index contributed by atoms with van der Waals surface area (Å²) in [7, 11) is 1.57. The van der Waals surface area contributed by atoms with Crippen LogP contribution in [0.15, 0.2) is 72.3 Å². The quantitative estimate of drug-likeness (QED) is 0.266. The van der Waals surface area contributed by atoms with E-state index in [2.05, 4.69) is 10.6 Å². The highest BCUT2D eigenvalue weighted by molar-refractivity contribution is 7.80. The normalized spacial score (nSPS) is 13.1. The van der Waals surface area contributed by atoms with E-state index in [1.807, 2.05) is 48.5 Å². The van der Waals surface area contributed by atoms with Crippen LogP contribution in [0.1, 0.15) is 16.7 Å². The molecule has 3 aromatic rings. The van der Waals surface area contributed by atoms with Gasteiger partial charge in [0.15, 0.2) is 16.6 Å². The van der Waals surface area contributed by atoms with Crippen LogP contribution in [0.25, 0.3) is 6.08 Å². The number of hydrogen-bond donors (Lipinski definition) is 2. The predicted octanol–water partition coefficient (Wildman–Crippen LogP) is 4.42. The predicted molar refractivity (Wildman–Crippen MR) is 136 cm³/mol. The number of halogens is 1. The maximum Gasteiger partial charge on any atom is 0.263 e. The number of nitrogens with one attached hydrogen (secondary N) is 2. The van der Waals surface area contributed by atoms with Gasteiger partial charge in [-0.15, -0.1) is 0 Å². The molecule has 178 valence electrons. The van der Waals surface area contributed by atoms with E-state index in [4.69, 9.17) is 38.0 Å². The molecule has 0 aliphatic carbocycles. The fourth-order valence-electron chi connectivity index (χ4n) is 3.34. The van der Waals surface area contributed by atoms with Gasteiger partial charge in [0.05, 0.1) is 7.11 Å². The van der Waals surface area contributed by atoms with Gasteiger partial charge in [-0.25, -0.2) is 0 Å². The monoisotopic (exact) mass is 508 g/mol. The van der Waals surface area contributed by atoms with Gasteiger partial charge in [-0.3, -0.25) is 20.2 Å². The van der Waals surface area contributed by atoms with Gasteiger partial charge in [-0.05, 0) is 59.8 Å². The van der Waals surface area contributed by atoms with E-state index < -0.39 is 11.8 Å². The molecule has 1 aliphatic heterocycles. The van der Waals surface area contributed by atoms with E-state index in [0.29, 0.717) is 34.4 Å². The Morgan fingerprint density at radius 2 is 1.49 bits per heavy atom. The molecule has 1 aliphatic rings. The molecule has 0 aromatic heterocycles. The van der Waals surface area contributed by atoms with E-state index in [9.17, 15) is 9.59 Å². The number of rotatable bonds is 8. The standard InChI is InChI=1S/C26H21ClN2O5S/c1-32-23-11-17(7-9-22(23)34-14-16-5-3-2-4-6-16)15-33-21-10-8-19(27)12-18(21)13-20-24(30)28-26(35)29-25(20)31/h2-13H,14-15H2,1H3,(H2,28,29,30,31,35). The minimum absolute atomic E-state index is 0.0372. The third-order valence-corrected chi connectivity index (χ3v) is 5.51. The number of carbonyl (C=O) groups is 2. The van der Waals surface area contributed by atoms with Gasteiger partial charge in [0.2, 0.25) is 0 Å². The van der Waals surface area contributed by atoms with Gasteiger partial charge in [-0.1, -0.05) is 48.0 Å². The Bertz CT molecular complexity index is 1290. The molecule has 0 bridgehead atoms. The number of benzene rings is 3. The molecular weight excluding hydrogens is 488 g/mol. The molecule has 1 saturated heterocycles. The SMILES string of the molecule is COc1cc(COc2ccc(Cl)cc2C=C2C(=O)NC(=S)NC2=O)ccc1OCc1ccccc1. The highest BCUT2D eigenvalue weighted by atomic mass is 35.5. The third-order valence-electron chi connectivity index (χ3n) is 5.07. The summed E-state index contributed by atoms with van der Waals surface area (Å²) >= 11 is 11.0. The van der Waals surface area contributed by atoms with Crippen LogP contribution in [0.5, 0.6) is 17.2 Å². The Morgan fingerprint density at radius 3 is 2.20 bits per heavy atom. The molecule has 2 N–H and O–H groups in total. The van der Waals surface area contributed by atoms with E-state index in [0.717, 1.165) is 11.1 Å². The summed E-state index contributed by atoms with van der Waals surface area (Å²) in [5.74, 6) is 0.441. The summed E-state index contributed by atoms with van der Waals surface area (Å²) in [4.78, 5) is 24.4. The maximum absolute atomic E-state index is 12.2. The first kappa shape index (κ1) is 24.3. The van der Waals surface area contributed by atoms with Gasteiger partial charge < -0.3 is 14.2 Å². The van der Waals surface area contributed by atoms with Crippen molar-refractivity contribution in [3.05, 3.63) is 94.0 Å². The van der Waals surface area contributed by atoms with Crippen LogP contribution in [0.3, 0.4) is 0 Å². The van der Waals surface area contributed by atoms with Crippen molar-refractivity contribution in [3.8, 4) is 17.2 Å². The van der Waals surface area contributed by atoms with Crippen LogP contribution in [0, 0.1) is 0 Å². The molecule has 0 radical (unpaired) electrons. The van der Waals surface area contributed by atoms with Crippen molar-refractivity contribution in [1.82, 2.24) is 10.6 Å². The van der Waals surface area contributed by atoms with Crippen LogP contribution < -0.4 is 24.8 Å². The second-order valence-electron chi connectivity index (χ2n) is 7.53. The lowest BCUT2D eigenvalue weighted by atomic mass is 10.1. The number of carbonyl (C=O) groups excluding carboxylic acids is 2. The molecule has 9 heteroatoms. The van der Waals surface area contributed by atoms with Crippen molar-refractivity contribution in [3.63, 3.8) is 0 Å². The summed E-state index contributed by atoms with van der Waals surface area (Å²) in [5.41, 5.74) is 2.25. The third kappa shape index (κ3) is 6.17. The van der Waals surface area contributed by atoms with Gasteiger partial charge in [0, 0.05) is 10.6 Å². The second-order valence-corrected chi connectivity index (χ2v) is 8.37. The van der Waals surface area contributed by atoms with Gasteiger partial charge >= 0.3 is 0 Å². The number of methoxy groups -OCH3 is 1. The summed E-state index contributed by atoms with van der Waals surface area (Å²) in [6, 6.07) is 20.3. The highest BCUT2D eigenvalue weighted by Crippen LogP contribution is 2.31. The van der Waals surface area contributed by atoms with Crippen molar-refractivity contribution in [1.29, 1.82) is 0 Å². The molecule has 1 heterocycles. The van der Waals surface area contributed by atoms with Crippen molar-refractivity contribution < 1.29 is 23.8 Å². The van der Waals surface area contributed by atoms with E-state index in [-0.39, 0.29) is 17.3 Å². The molecule has 3 aromatic carbocycles. The molecule has 7 nitrogen and oxygen atoms in total. The minimum Gasteiger partial charge on any atom is -0.493 e. The zero-order valence-corrected chi connectivity index (χ0v) is 20.2. The first-order chi connectivity index (χ1) is 16.9. The summed E-state index contributed by atoms with van der Waals surface area (Å²) in [6.45, 7) is 0.622. The molecule has 0 spiro atoms. The number of thiocarbonyl (C=S) groups is 1. The molecule has 4 rings (SSSR count). The fraction of sp³-hybridized carbons (Fsp3) is 0.115. The Morgan fingerprint density at radius 1 is 0.829 bits per heavy atom. The minimum atomic E-state index is -0.597. The smallest absolute Gasteiger partial charge is 0.263 e. The van der Waals surface area contributed by atoms with E-state index >= 15 is 0 Å². The van der Waals surface area contributed by atoms with Crippen molar-refractivity contribution in [2.24, 2.45) is 0 Å². The molecule has 2 amide bonds. The first-order valence-electron chi connectivity index (χ1n) is 10.6. The average molecular weight is 509 g/mol. The molecule has 0 unspecified atom stereocenters. The lowest BCUT2D eigenvalue weighted by Gasteiger charge is -2.17. The van der Waals surface area contributed by atoms with E-state index in [1.54, 1.807) is 25.3 Å². The lowest BCUT2D eigenvalue weighted by molar-refractivity contribution is -0.123. The largest absolute Gasteiger partial charge is 0.493 e. The van der Waals surface area contributed by atoms with Crippen LogP contribution >= 0.6 is 23.8 Å². The Balaban J connectivity index is 1.49. The maximum atomic E-state index is 12.2. The average Bonchev–Trinajstić information content (AvgIpc) is 2.85. The van der Waals surface area contributed by atoms with Crippen molar-refractivity contribution in [2.45, 2.75) is 13.2 Å². The first-order valence-corrected chi connectivity index (χ1v) is 11.4. The van der Waals surface area contributed by atoms with Crippen molar-refractivity contribution in [2.75, 3.05) is 7.11 Å². The zero-order chi connectivity index (χ0) is 24.8. The number of hydrogen-bond acceptors (Lipinski definition) is 6. The van der Waals surface area contributed by atoms with Gasteiger partial charge in [-0.2, -0.15) is 0 Å². The molecule has 35 heavy (non-hydrogen) atoms. The van der Waals surface area contributed by atoms with Crippen LogP contribution in [-0.4, -0.2) is 24.0 Å². The topological polar surface area (TPSA) is 85.9 Å². The number of amides is 2. The van der Waals surface area contributed by atoms with E-state index in [1.165, 1.54) is 6.08 Å². The molecule has 0 saturated carbocycles. The van der Waals surface area contributed by atoms with Gasteiger partial charge in [0.25, 0.3) is 11.8 Å². The molecular formula is C26H21ClN2O5S. The number of ether oxygens (including phenoxy) is 3. The summed E-state index contributed by atoms with van der Waals surface area (Å²) < 4.78 is 17.4. The molecule has 0 atom stereocenters. The zero-order valence-electron chi connectivity index (χ0n) is 18.7. The highest BCUT2D eigenvalue weighted by Gasteiger charge is 2.26.